The molecule has 0 spiro atoms. The summed E-state index contributed by atoms with van der Waals surface area (Å²) in [6.45, 7) is 64.2. The Hall–Kier alpha value is -1.04. The first-order valence-corrected chi connectivity index (χ1v) is 29.8. The Morgan fingerprint density at radius 2 is 0.612 bits per heavy atom. The first kappa shape index (κ1) is 55.3. The van der Waals surface area contributed by atoms with Gasteiger partial charge in [-0.05, 0) is 242 Å². The first-order valence-electron chi connectivity index (χ1n) is 29.8. The standard InChI is InChI=1S/C67H116/c1-20-48-21-33-59(34-22-48)67(18,19)61(53-31-43-58(44-32-53)66(16,17)47(4)51-27-39-56(40-28-51)64(11,12)13)60(45(2)49-23-35-54(36-24-49)62(5,6)7)52-29-41-57(42-30-52)65(14,15)46(3)50-25-37-55(38-26-50)63(8,9)10/h20,45-61H,1-5,8,11,21-44H2,6-7,9-10,12-19H3/q+6. The van der Waals surface area contributed by atoms with E-state index < -0.39 is 0 Å². The van der Waals surface area contributed by atoms with Gasteiger partial charge in [-0.25, -0.2) is 0 Å². The fourth-order valence-corrected chi connectivity index (χ4v) is 18.2. The molecule has 0 aromatic heterocycles. The molecular weight excluding hydrogens is 805 g/mol. The minimum atomic E-state index is 0.166. The molecule has 0 nitrogen and oxygen atoms in total. The molecule has 0 bridgehead atoms. The Bertz CT molecular complexity index is 1470. The van der Waals surface area contributed by atoms with Gasteiger partial charge in [0.05, 0.1) is 41.5 Å². The van der Waals surface area contributed by atoms with Crippen LogP contribution < -0.4 is 0 Å². The van der Waals surface area contributed by atoms with Crippen LogP contribution in [-0.4, -0.2) is 0 Å². The van der Waals surface area contributed by atoms with Gasteiger partial charge in [0, 0.05) is 52.3 Å². The molecule has 5 unspecified atom stereocenters. The summed E-state index contributed by atoms with van der Waals surface area (Å²) >= 11 is 0. The minimum absolute atomic E-state index is 0.166. The number of hydrogen-bond acceptors (Lipinski definition) is 0. The first-order chi connectivity index (χ1) is 31.1. The van der Waals surface area contributed by atoms with Crippen LogP contribution in [-0.2, 0) is 0 Å². The van der Waals surface area contributed by atoms with Gasteiger partial charge < -0.3 is 0 Å². The van der Waals surface area contributed by atoms with Crippen molar-refractivity contribution in [3.8, 4) is 0 Å². The predicted octanol–water partition coefficient (Wildman–Crippen LogP) is 20.3. The molecule has 0 N–H and O–H groups in total. The third kappa shape index (κ3) is 12.6. The van der Waals surface area contributed by atoms with E-state index in [2.05, 4.69) is 117 Å². The van der Waals surface area contributed by atoms with E-state index in [4.69, 9.17) is 20.8 Å². The topological polar surface area (TPSA) is 0 Å². The lowest BCUT2D eigenvalue weighted by Crippen LogP contribution is -2.50. The Balaban J connectivity index is 1.25. The van der Waals surface area contributed by atoms with Crippen molar-refractivity contribution in [1.29, 1.82) is 0 Å². The van der Waals surface area contributed by atoms with Crippen LogP contribution in [0.3, 0.4) is 0 Å². The van der Waals surface area contributed by atoms with Crippen LogP contribution in [0, 0.1) is 175 Å². The number of rotatable bonds is 17. The molecule has 6 rings (SSSR count). The molecule has 0 heteroatoms. The van der Waals surface area contributed by atoms with Crippen molar-refractivity contribution in [2.45, 2.75) is 237 Å². The molecule has 6 fully saturated rings. The maximum Gasteiger partial charge on any atom is 0.103 e. The molecule has 0 heterocycles. The highest BCUT2D eigenvalue weighted by molar-refractivity contribution is 5.05. The van der Waals surface area contributed by atoms with Gasteiger partial charge in [0.1, 0.15) is 34.0 Å². The van der Waals surface area contributed by atoms with Gasteiger partial charge in [-0.1, -0.05) is 47.6 Å². The van der Waals surface area contributed by atoms with Crippen LogP contribution in [0.4, 0.5) is 0 Å². The Morgan fingerprint density at radius 1 is 0.343 bits per heavy atom. The maximum atomic E-state index is 5.50. The summed E-state index contributed by atoms with van der Waals surface area (Å²) in [6.07, 6.45) is 35.2. The van der Waals surface area contributed by atoms with E-state index in [1.165, 1.54) is 154 Å². The van der Waals surface area contributed by atoms with Crippen LogP contribution in [0.25, 0.3) is 0 Å². The molecule has 0 amide bonds. The van der Waals surface area contributed by atoms with Gasteiger partial charge in [-0.15, -0.1) is 6.58 Å². The molecule has 0 radical (unpaired) electrons. The highest BCUT2D eigenvalue weighted by atomic mass is 14.6. The van der Waals surface area contributed by atoms with Crippen molar-refractivity contribution >= 4 is 0 Å². The maximum absolute atomic E-state index is 5.50. The Kier molecular flexibility index (Phi) is 17.8. The molecule has 6 saturated carbocycles. The second-order valence-corrected chi connectivity index (χ2v) is 30.3. The number of hydrogen-bond donors (Lipinski definition) is 0. The zero-order valence-corrected chi connectivity index (χ0v) is 47.3. The summed E-state index contributed by atoms with van der Waals surface area (Å²) in [5.74, 6) is 12.3. The normalized spacial score (nSPS) is 37.1. The SMILES string of the molecule is C=CC1CCC(C(C)(C)C(C2CCC(C(C)(C)C([CH2+])C3CCC(C([CH2+])(C)C)CC3)CC2)C(C2CCC(C(C)(C)C([CH2+])C3CCC(C([CH2+])(C)C)CC3)CC2)C([CH2+])C2CCC(C([CH2+])(C)C)CC2)CC1. The summed E-state index contributed by atoms with van der Waals surface area (Å²) in [6, 6.07) is 0. The average Bonchev–Trinajstić information content (AvgIpc) is 3.29. The molecule has 0 saturated heterocycles. The molecule has 0 aromatic rings. The van der Waals surface area contributed by atoms with Crippen molar-refractivity contribution in [3.63, 3.8) is 0 Å². The van der Waals surface area contributed by atoms with E-state index in [1.807, 2.05) is 0 Å². The zero-order chi connectivity index (χ0) is 49.5. The van der Waals surface area contributed by atoms with E-state index in [1.54, 1.807) is 0 Å². The fraction of sp³-hybridized carbons (Fsp3) is 0.881. The molecular formula is C67H116+6. The van der Waals surface area contributed by atoms with Gasteiger partial charge in [0.25, 0.3) is 0 Å². The molecule has 6 aliphatic rings. The summed E-state index contributed by atoms with van der Waals surface area (Å²) in [7, 11) is 0. The molecule has 378 valence electrons. The number of allylic oxidation sites excluding steroid dienone is 1. The second kappa shape index (κ2) is 21.6. The van der Waals surface area contributed by atoms with Crippen LogP contribution in [0.2, 0.25) is 0 Å². The molecule has 0 aliphatic heterocycles. The van der Waals surface area contributed by atoms with Gasteiger partial charge in [0.2, 0.25) is 0 Å². The van der Waals surface area contributed by atoms with Crippen molar-refractivity contribution in [2.75, 3.05) is 0 Å². The molecule has 5 atom stereocenters. The highest BCUT2D eigenvalue weighted by Crippen LogP contribution is 2.62. The lowest BCUT2D eigenvalue weighted by molar-refractivity contribution is -0.0765. The van der Waals surface area contributed by atoms with Gasteiger partial charge in [-0.3, -0.25) is 0 Å². The Labute approximate surface area is 422 Å². The second-order valence-electron chi connectivity index (χ2n) is 30.3. The summed E-state index contributed by atoms with van der Waals surface area (Å²) in [5, 5.41) is 0. The van der Waals surface area contributed by atoms with E-state index in [9.17, 15) is 0 Å². The van der Waals surface area contributed by atoms with Gasteiger partial charge >= 0.3 is 0 Å². The van der Waals surface area contributed by atoms with Crippen LogP contribution in [0.15, 0.2) is 12.7 Å². The smallest absolute Gasteiger partial charge is 0.103 e. The van der Waals surface area contributed by atoms with Crippen LogP contribution in [0.5, 0.6) is 0 Å². The molecule has 0 aromatic carbocycles. The van der Waals surface area contributed by atoms with E-state index in [0.717, 1.165) is 71.0 Å². The zero-order valence-electron chi connectivity index (χ0n) is 47.3. The highest BCUT2D eigenvalue weighted by Gasteiger charge is 2.56. The third-order valence-corrected chi connectivity index (χ3v) is 23.9. The van der Waals surface area contributed by atoms with Crippen molar-refractivity contribution in [2.24, 2.45) is 133 Å². The van der Waals surface area contributed by atoms with E-state index in [-0.39, 0.29) is 27.1 Å². The summed E-state index contributed by atoms with van der Waals surface area (Å²) in [4.78, 5) is 0. The van der Waals surface area contributed by atoms with Crippen LogP contribution >= 0.6 is 0 Å². The summed E-state index contributed by atoms with van der Waals surface area (Å²) < 4.78 is 0. The largest absolute Gasteiger partial charge is 0.103 e. The predicted molar refractivity (Wildman–Crippen MR) is 295 cm³/mol. The molecule has 6 aliphatic carbocycles. The molecule has 67 heavy (non-hydrogen) atoms. The van der Waals surface area contributed by atoms with E-state index >= 15 is 0 Å². The third-order valence-electron chi connectivity index (χ3n) is 23.9. The van der Waals surface area contributed by atoms with Crippen molar-refractivity contribution in [3.05, 3.63) is 54.2 Å². The van der Waals surface area contributed by atoms with Gasteiger partial charge in [0.15, 0.2) is 0 Å². The Morgan fingerprint density at radius 3 is 0.940 bits per heavy atom. The van der Waals surface area contributed by atoms with Gasteiger partial charge in [-0.2, -0.15) is 0 Å². The monoisotopic (exact) mass is 921 g/mol. The van der Waals surface area contributed by atoms with Crippen LogP contribution in [0.1, 0.15) is 237 Å². The lowest BCUT2D eigenvalue weighted by atomic mass is 9.48. The van der Waals surface area contributed by atoms with Crippen molar-refractivity contribution in [1.82, 2.24) is 0 Å². The quantitative estimate of drug-likeness (QED) is 0.101. The summed E-state index contributed by atoms with van der Waals surface area (Å²) in [5.41, 5.74) is 1.41. The lowest BCUT2D eigenvalue weighted by Gasteiger charge is -2.55. The fourth-order valence-electron chi connectivity index (χ4n) is 18.2. The van der Waals surface area contributed by atoms with Crippen molar-refractivity contribution < 1.29 is 0 Å². The minimum Gasteiger partial charge on any atom is -0.103 e. The van der Waals surface area contributed by atoms with E-state index in [0.29, 0.717) is 35.0 Å². The average molecular weight is 922 g/mol.